The van der Waals surface area contributed by atoms with Crippen molar-refractivity contribution in [2.45, 2.75) is 6.54 Å². The van der Waals surface area contributed by atoms with E-state index >= 15 is 0 Å². The fourth-order valence-corrected chi connectivity index (χ4v) is 2.76. The summed E-state index contributed by atoms with van der Waals surface area (Å²) in [6.45, 7) is 6.32. The first-order valence-electron chi connectivity index (χ1n) is 7.10. The molecule has 0 unspecified atom stereocenters. The van der Waals surface area contributed by atoms with E-state index in [9.17, 15) is 0 Å². The monoisotopic (exact) mass is 274 g/mol. The molecule has 0 atom stereocenters. The smallest absolute Gasteiger partial charge is 0.163 e. The van der Waals surface area contributed by atoms with Crippen molar-refractivity contribution in [2.24, 2.45) is 0 Å². The molecule has 0 bridgehead atoms. The third-order valence-electron chi connectivity index (χ3n) is 3.78. The molecule has 0 spiro atoms. The number of ether oxygens (including phenoxy) is 2. The van der Waals surface area contributed by atoms with Gasteiger partial charge in [-0.15, -0.1) is 0 Å². The van der Waals surface area contributed by atoms with Gasteiger partial charge in [0.1, 0.15) is 19.0 Å². The molecule has 106 valence electrons. The first kappa shape index (κ1) is 12.0. The molecule has 0 saturated carbocycles. The zero-order valence-electron chi connectivity index (χ0n) is 11.3. The molecule has 2 aromatic rings. The Balaban J connectivity index is 1.61. The number of H-pyrrole nitrogens is 1. The van der Waals surface area contributed by atoms with Crippen LogP contribution in [0.3, 0.4) is 0 Å². The molecule has 20 heavy (non-hydrogen) atoms. The molecule has 4 rings (SSSR count). The van der Waals surface area contributed by atoms with Crippen LogP contribution in [-0.4, -0.2) is 54.3 Å². The van der Waals surface area contributed by atoms with Crippen molar-refractivity contribution in [3.63, 3.8) is 0 Å². The SMILES string of the molecule is c1c2c(cc3[nH]c(CN4CCNCC4)nc13)OCCO2. The van der Waals surface area contributed by atoms with Gasteiger partial charge in [0.15, 0.2) is 11.5 Å². The lowest BCUT2D eigenvalue weighted by atomic mass is 10.2. The van der Waals surface area contributed by atoms with E-state index < -0.39 is 0 Å². The van der Waals surface area contributed by atoms with Crippen LogP contribution in [0, 0.1) is 0 Å². The third kappa shape index (κ3) is 2.21. The largest absolute Gasteiger partial charge is 0.486 e. The molecule has 1 saturated heterocycles. The van der Waals surface area contributed by atoms with Gasteiger partial charge in [0.2, 0.25) is 0 Å². The second-order valence-corrected chi connectivity index (χ2v) is 5.22. The molecule has 2 aliphatic rings. The summed E-state index contributed by atoms with van der Waals surface area (Å²) in [4.78, 5) is 10.4. The lowest BCUT2D eigenvalue weighted by Crippen LogP contribution is -2.43. The molecule has 1 aromatic carbocycles. The summed E-state index contributed by atoms with van der Waals surface area (Å²) in [6.07, 6.45) is 0. The summed E-state index contributed by atoms with van der Waals surface area (Å²) < 4.78 is 11.2. The molecule has 0 radical (unpaired) electrons. The molecule has 1 fully saturated rings. The van der Waals surface area contributed by atoms with Crippen molar-refractivity contribution >= 4 is 11.0 Å². The van der Waals surface area contributed by atoms with Gasteiger partial charge < -0.3 is 19.8 Å². The maximum atomic E-state index is 5.60. The van der Waals surface area contributed by atoms with Crippen LogP contribution in [0.15, 0.2) is 12.1 Å². The highest BCUT2D eigenvalue weighted by atomic mass is 16.6. The van der Waals surface area contributed by atoms with Gasteiger partial charge in [-0.25, -0.2) is 4.98 Å². The molecule has 1 aromatic heterocycles. The minimum absolute atomic E-state index is 0.608. The molecule has 2 N–H and O–H groups in total. The lowest BCUT2D eigenvalue weighted by molar-refractivity contribution is 0.172. The summed E-state index contributed by atoms with van der Waals surface area (Å²) in [5, 5.41) is 3.36. The van der Waals surface area contributed by atoms with Gasteiger partial charge in [-0.2, -0.15) is 0 Å². The standard InChI is InChI=1S/C14H18N4O2/c1-3-18(4-2-15-1)9-14-16-10-7-12-13(8-11(10)17-14)20-6-5-19-12/h7-8,15H,1-6,9H2,(H,16,17). The summed E-state index contributed by atoms with van der Waals surface area (Å²) in [5.41, 5.74) is 1.96. The van der Waals surface area contributed by atoms with Gasteiger partial charge in [0.05, 0.1) is 17.6 Å². The van der Waals surface area contributed by atoms with Gasteiger partial charge in [0, 0.05) is 38.3 Å². The third-order valence-corrected chi connectivity index (χ3v) is 3.78. The number of aromatic amines is 1. The summed E-state index contributed by atoms with van der Waals surface area (Å²) >= 11 is 0. The maximum absolute atomic E-state index is 5.60. The zero-order chi connectivity index (χ0) is 13.4. The van der Waals surface area contributed by atoms with Crippen LogP contribution >= 0.6 is 0 Å². The number of piperazine rings is 1. The van der Waals surface area contributed by atoms with Gasteiger partial charge in [0.25, 0.3) is 0 Å². The minimum Gasteiger partial charge on any atom is -0.486 e. The maximum Gasteiger partial charge on any atom is 0.163 e. The molecule has 6 nitrogen and oxygen atoms in total. The van der Waals surface area contributed by atoms with Gasteiger partial charge in [-0.3, -0.25) is 4.90 Å². The Morgan fingerprint density at radius 1 is 1.10 bits per heavy atom. The lowest BCUT2D eigenvalue weighted by Gasteiger charge is -2.26. The molecule has 0 amide bonds. The number of hydrogen-bond donors (Lipinski definition) is 2. The normalized spacial score (nSPS) is 19.4. The first-order chi connectivity index (χ1) is 9.88. The molecule has 3 heterocycles. The zero-order valence-corrected chi connectivity index (χ0v) is 11.3. The summed E-state index contributed by atoms with van der Waals surface area (Å²) in [5.74, 6) is 2.61. The quantitative estimate of drug-likeness (QED) is 0.846. The van der Waals surface area contributed by atoms with Crippen molar-refractivity contribution in [2.75, 3.05) is 39.4 Å². The van der Waals surface area contributed by atoms with E-state index in [0.29, 0.717) is 13.2 Å². The van der Waals surface area contributed by atoms with E-state index in [1.165, 1.54) is 0 Å². The fraction of sp³-hybridized carbons (Fsp3) is 0.500. The number of nitrogens with one attached hydrogen (secondary N) is 2. The van der Waals surface area contributed by atoms with E-state index in [-0.39, 0.29) is 0 Å². The number of nitrogens with zero attached hydrogens (tertiary/aromatic N) is 2. The van der Waals surface area contributed by atoms with Gasteiger partial charge >= 0.3 is 0 Å². The van der Waals surface area contributed by atoms with Crippen LogP contribution in [-0.2, 0) is 6.54 Å². The van der Waals surface area contributed by atoms with E-state index in [0.717, 1.165) is 61.1 Å². The average Bonchev–Trinajstić information content (AvgIpc) is 2.86. The van der Waals surface area contributed by atoms with Crippen LogP contribution in [0.2, 0.25) is 0 Å². The van der Waals surface area contributed by atoms with Crippen molar-refractivity contribution < 1.29 is 9.47 Å². The fourth-order valence-electron chi connectivity index (χ4n) is 2.76. The van der Waals surface area contributed by atoms with Crippen LogP contribution in [0.25, 0.3) is 11.0 Å². The van der Waals surface area contributed by atoms with Crippen LogP contribution < -0.4 is 14.8 Å². The van der Waals surface area contributed by atoms with Crippen LogP contribution in [0.5, 0.6) is 11.5 Å². The molecular formula is C14H18N4O2. The number of imidazole rings is 1. The van der Waals surface area contributed by atoms with E-state index in [1.54, 1.807) is 0 Å². The summed E-state index contributed by atoms with van der Waals surface area (Å²) in [7, 11) is 0. The Morgan fingerprint density at radius 2 is 1.85 bits per heavy atom. The Morgan fingerprint density at radius 3 is 2.65 bits per heavy atom. The highest BCUT2D eigenvalue weighted by Crippen LogP contribution is 2.33. The number of aromatic nitrogens is 2. The molecular weight excluding hydrogens is 256 g/mol. The number of rotatable bonds is 2. The van der Waals surface area contributed by atoms with Gasteiger partial charge in [-0.1, -0.05) is 0 Å². The Hall–Kier alpha value is -1.79. The second-order valence-electron chi connectivity index (χ2n) is 5.22. The van der Waals surface area contributed by atoms with E-state index in [4.69, 9.17) is 9.47 Å². The number of fused-ring (bicyclic) bond motifs is 2. The molecule has 2 aliphatic heterocycles. The predicted octanol–water partition coefficient (Wildman–Crippen LogP) is 0.739. The summed E-state index contributed by atoms with van der Waals surface area (Å²) in [6, 6.07) is 3.94. The Bertz CT molecular complexity index is 576. The highest BCUT2D eigenvalue weighted by molar-refractivity contribution is 5.79. The second kappa shape index (κ2) is 4.96. The molecule has 6 heteroatoms. The topological polar surface area (TPSA) is 62.4 Å². The van der Waals surface area contributed by atoms with Crippen molar-refractivity contribution in [3.05, 3.63) is 18.0 Å². The number of hydrogen-bond acceptors (Lipinski definition) is 5. The van der Waals surface area contributed by atoms with E-state index in [2.05, 4.69) is 20.2 Å². The minimum atomic E-state index is 0.608. The first-order valence-corrected chi connectivity index (χ1v) is 7.10. The molecule has 0 aliphatic carbocycles. The number of benzene rings is 1. The Kier molecular flexibility index (Phi) is 2.97. The van der Waals surface area contributed by atoms with Gasteiger partial charge in [-0.05, 0) is 0 Å². The van der Waals surface area contributed by atoms with Crippen molar-refractivity contribution in [3.8, 4) is 11.5 Å². The predicted molar refractivity (Wildman–Crippen MR) is 75.2 cm³/mol. The van der Waals surface area contributed by atoms with E-state index in [1.807, 2.05) is 12.1 Å². The van der Waals surface area contributed by atoms with Crippen molar-refractivity contribution in [1.82, 2.24) is 20.2 Å². The van der Waals surface area contributed by atoms with Crippen LogP contribution in [0.4, 0.5) is 0 Å². The average molecular weight is 274 g/mol. The van der Waals surface area contributed by atoms with Crippen molar-refractivity contribution in [1.29, 1.82) is 0 Å². The Labute approximate surface area is 117 Å². The highest BCUT2D eigenvalue weighted by Gasteiger charge is 2.16. The van der Waals surface area contributed by atoms with Crippen LogP contribution in [0.1, 0.15) is 5.82 Å².